The van der Waals surface area contributed by atoms with Crippen LogP contribution in [0.4, 0.5) is 5.95 Å². The van der Waals surface area contributed by atoms with E-state index in [1.54, 1.807) is 0 Å². The highest BCUT2D eigenvalue weighted by molar-refractivity contribution is 5.25. The van der Waals surface area contributed by atoms with Crippen molar-refractivity contribution in [3.05, 3.63) is 18.0 Å². The molecule has 0 bridgehead atoms. The molecule has 1 aromatic rings. The van der Waals surface area contributed by atoms with E-state index in [2.05, 4.69) is 29.1 Å². The first-order valence-electron chi connectivity index (χ1n) is 7.43. The summed E-state index contributed by atoms with van der Waals surface area (Å²) in [6.45, 7) is 6.19. The highest BCUT2D eigenvalue weighted by atomic mass is 16.5. The molecule has 1 aliphatic heterocycles. The molecule has 0 spiro atoms. The van der Waals surface area contributed by atoms with Crippen LogP contribution < -0.4 is 5.32 Å². The number of aromatic nitrogens is 2. The minimum atomic E-state index is 0.487. The third-order valence-corrected chi connectivity index (χ3v) is 3.60. The van der Waals surface area contributed by atoms with Crippen molar-refractivity contribution in [3.8, 4) is 0 Å². The molecule has 1 aromatic heterocycles. The fourth-order valence-electron chi connectivity index (χ4n) is 2.30. The van der Waals surface area contributed by atoms with E-state index >= 15 is 0 Å². The SMILES string of the molecule is CC(C)c1cnc(NCCCCC2CCCO2)nc1. The van der Waals surface area contributed by atoms with E-state index < -0.39 is 0 Å². The quantitative estimate of drug-likeness (QED) is 0.766. The van der Waals surface area contributed by atoms with E-state index in [-0.39, 0.29) is 0 Å². The monoisotopic (exact) mass is 263 g/mol. The van der Waals surface area contributed by atoms with Gasteiger partial charge in [0.2, 0.25) is 5.95 Å². The first-order chi connectivity index (χ1) is 9.25. The zero-order valence-corrected chi connectivity index (χ0v) is 12.1. The molecule has 1 N–H and O–H groups in total. The molecule has 0 saturated carbocycles. The summed E-state index contributed by atoms with van der Waals surface area (Å²) < 4.78 is 5.61. The van der Waals surface area contributed by atoms with E-state index in [0.29, 0.717) is 12.0 Å². The second kappa shape index (κ2) is 7.43. The van der Waals surface area contributed by atoms with Crippen molar-refractivity contribution in [3.63, 3.8) is 0 Å². The van der Waals surface area contributed by atoms with Gasteiger partial charge in [0, 0.05) is 25.5 Å². The van der Waals surface area contributed by atoms with Crippen LogP contribution in [0.3, 0.4) is 0 Å². The fraction of sp³-hybridized carbons (Fsp3) is 0.733. The number of nitrogens with zero attached hydrogens (tertiary/aromatic N) is 2. The van der Waals surface area contributed by atoms with E-state index in [0.717, 1.165) is 25.5 Å². The van der Waals surface area contributed by atoms with Gasteiger partial charge in [0.05, 0.1) is 6.10 Å². The standard InChI is InChI=1S/C15H25N3O/c1-12(2)13-10-17-15(18-11-13)16-8-4-3-6-14-7-5-9-19-14/h10-12,14H,3-9H2,1-2H3,(H,16,17,18). The van der Waals surface area contributed by atoms with Crippen LogP contribution in [0.5, 0.6) is 0 Å². The first kappa shape index (κ1) is 14.3. The average Bonchev–Trinajstić information content (AvgIpc) is 2.92. The largest absolute Gasteiger partial charge is 0.378 e. The van der Waals surface area contributed by atoms with Crippen molar-refractivity contribution in [2.24, 2.45) is 0 Å². The minimum Gasteiger partial charge on any atom is -0.378 e. The van der Waals surface area contributed by atoms with E-state index in [1.165, 1.54) is 31.2 Å². The van der Waals surface area contributed by atoms with Crippen LogP contribution in [0.25, 0.3) is 0 Å². The molecular formula is C15H25N3O. The van der Waals surface area contributed by atoms with Crippen molar-refractivity contribution >= 4 is 5.95 Å². The number of ether oxygens (including phenoxy) is 1. The highest BCUT2D eigenvalue weighted by Gasteiger charge is 2.14. The maximum absolute atomic E-state index is 5.61. The summed E-state index contributed by atoms with van der Waals surface area (Å²) in [6.07, 6.45) is 10.4. The lowest BCUT2D eigenvalue weighted by Gasteiger charge is -2.09. The summed E-state index contributed by atoms with van der Waals surface area (Å²) >= 11 is 0. The summed E-state index contributed by atoms with van der Waals surface area (Å²) in [5.74, 6) is 1.22. The van der Waals surface area contributed by atoms with E-state index in [4.69, 9.17) is 4.74 Å². The van der Waals surface area contributed by atoms with E-state index in [1.807, 2.05) is 12.4 Å². The van der Waals surface area contributed by atoms with Crippen molar-refractivity contribution in [1.29, 1.82) is 0 Å². The van der Waals surface area contributed by atoms with Crippen molar-refractivity contribution in [1.82, 2.24) is 9.97 Å². The van der Waals surface area contributed by atoms with Crippen LogP contribution in [-0.2, 0) is 4.74 Å². The van der Waals surface area contributed by atoms with Gasteiger partial charge < -0.3 is 10.1 Å². The predicted molar refractivity (Wildman–Crippen MR) is 77.4 cm³/mol. The molecule has 4 nitrogen and oxygen atoms in total. The lowest BCUT2D eigenvalue weighted by atomic mass is 10.1. The molecule has 1 unspecified atom stereocenters. The third-order valence-electron chi connectivity index (χ3n) is 3.60. The Morgan fingerprint density at radius 2 is 2.11 bits per heavy atom. The summed E-state index contributed by atoms with van der Waals surface area (Å²) in [5, 5.41) is 3.27. The van der Waals surface area contributed by atoms with Gasteiger partial charge in [-0.2, -0.15) is 0 Å². The molecule has 106 valence electrons. The number of unbranched alkanes of at least 4 members (excludes halogenated alkanes) is 1. The molecule has 1 saturated heterocycles. The molecule has 0 radical (unpaired) electrons. The Labute approximate surface area is 116 Å². The van der Waals surface area contributed by atoms with Gasteiger partial charge in [-0.05, 0) is 43.6 Å². The summed E-state index contributed by atoms with van der Waals surface area (Å²) in [5.41, 5.74) is 1.18. The molecular weight excluding hydrogens is 238 g/mol. The lowest BCUT2D eigenvalue weighted by molar-refractivity contribution is 0.102. The molecule has 19 heavy (non-hydrogen) atoms. The van der Waals surface area contributed by atoms with Crippen LogP contribution in [0.15, 0.2) is 12.4 Å². The van der Waals surface area contributed by atoms with E-state index in [9.17, 15) is 0 Å². The minimum absolute atomic E-state index is 0.487. The topological polar surface area (TPSA) is 47.0 Å². The normalized spacial score (nSPS) is 19.0. The Bertz CT molecular complexity index is 358. The molecule has 2 rings (SSSR count). The second-order valence-electron chi connectivity index (χ2n) is 5.55. The molecule has 1 fully saturated rings. The number of rotatable bonds is 7. The van der Waals surface area contributed by atoms with Crippen LogP contribution >= 0.6 is 0 Å². The molecule has 1 aliphatic rings. The van der Waals surface area contributed by atoms with Crippen molar-refractivity contribution < 1.29 is 4.74 Å². The Morgan fingerprint density at radius 1 is 1.32 bits per heavy atom. The molecule has 1 atom stereocenters. The van der Waals surface area contributed by atoms with Crippen molar-refractivity contribution in [2.45, 2.75) is 58.0 Å². The average molecular weight is 263 g/mol. The molecule has 2 heterocycles. The predicted octanol–water partition coefficient (Wildman–Crippen LogP) is 3.36. The van der Waals surface area contributed by atoms with Gasteiger partial charge in [0.1, 0.15) is 0 Å². The molecule has 0 amide bonds. The van der Waals surface area contributed by atoms with Gasteiger partial charge in [-0.1, -0.05) is 13.8 Å². The van der Waals surface area contributed by atoms with Gasteiger partial charge in [-0.25, -0.2) is 9.97 Å². The van der Waals surface area contributed by atoms with Gasteiger partial charge in [-0.3, -0.25) is 0 Å². The van der Waals surface area contributed by atoms with Gasteiger partial charge in [-0.15, -0.1) is 0 Å². The zero-order chi connectivity index (χ0) is 13.5. The van der Waals surface area contributed by atoms with Crippen LogP contribution in [0.1, 0.15) is 57.4 Å². The molecule has 0 aromatic carbocycles. The van der Waals surface area contributed by atoms with Gasteiger partial charge >= 0.3 is 0 Å². The summed E-state index contributed by atoms with van der Waals surface area (Å²) in [4.78, 5) is 8.66. The third kappa shape index (κ3) is 4.78. The second-order valence-corrected chi connectivity index (χ2v) is 5.55. The van der Waals surface area contributed by atoms with Gasteiger partial charge in [0.25, 0.3) is 0 Å². The number of hydrogen-bond donors (Lipinski definition) is 1. The van der Waals surface area contributed by atoms with Crippen LogP contribution in [-0.4, -0.2) is 29.2 Å². The fourth-order valence-corrected chi connectivity index (χ4v) is 2.30. The van der Waals surface area contributed by atoms with Crippen molar-refractivity contribution in [2.75, 3.05) is 18.5 Å². The highest BCUT2D eigenvalue weighted by Crippen LogP contribution is 2.17. The zero-order valence-electron chi connectivity index (χ0n) is 12.1. The summed E-state index contributed by atoms with van der Waals surface area (Å²) in [6, 6.07) is 0. The first-order valence-corrected chi connectivity index (χ1v) is 7.43. The van der Waals surface area contributed by atoms with Crippen LogP contribution in [0, 0.1) is 0 Å². The smallest absolute Gasteiger partial charge is 0.222 e. The number of anilines is 1. The maximum atomic E-state index is 5.61. The number of nitrogens with one attached hydrogen (secondary N) is 1. The molecule has 4 heteroatoms. The molecule has 0 aliphatic carbocycles. The lowest BCUT2D eigenvalue weighted by Crippen LogP contribution is -2.08. The Hall–Kier alpha value is -1.16. The maximum Gasteiger partial charge on any atom is 0.222 e. The Balaban J connectivity index is 1.59. The number of hydrogen-bond acceptors (Lipinski definition) is 4. The summed E-state index contributed by atoms with van der Waals surface area (Å²) in [7, 11) is 0. The Morgan fingerprint density at radius 3 is 2.74 bits per heavy atom. The Kier molecular flexibility index (Phi) is 5.58. The van der Waals surface area contributed by atoms with Crippen LogP contribution in [0.2, 0.25) is 0 Å². The van der Waals surface area contributed by atoms with Gasteiger partial charge in [0.15, 0.2) is 0 Å².